The maximum atomic E-state index is 13.3. The van der Waals surface area contributed by atoms with Gasteiger partial charge in [0.05, 0.1) is 18.1 Å². The average Bonchev–Trinajstić information content (AvgIpc) is 2.69. The monoisotopic (exact) mass is 328 g/mol. The molecule has 4 rings (SSSR count). The number of benzene rings is 3. The van der Waals surface area contributed by atoms with Gasteiger partial charge in [-0.2, -0.15) is 0 Å². The van der Waals surface area contributed by atoms with E-state index in [4.69, 9.17) is 9.15 Å². The zero-order valence-electron chi connectivity index (χ0n) is 13.7. The van der Waals surface area contributed by atoms with E-state index in [1.165, 1.54) is 0 Å². The first-order valence-electron chi connectivity index (χ1n) is 8.03. The Balaban J connectivity index is 2.11. The largest absolute Gasteiger partial charge is 0.497 e. The minimum Gasteiger partial charge on any atom is -0.497 e. The molecule has 3 nitrogen and oxygen atoms in total. The smallest absolute Gasteiger partial charge is 0.201 e. The third-order valence-corrected chi connectivity index (χ3v) is 4.20. The summed E-state index contributed by atoms with van der Waals surface area (Å²) in [5, 5.41) is 0.512. The Hall–Kier alpha value is -3.33. The van der Waals surface area contributed by atoms with Crippen molar-refractivity contribution < 1.29 is 9.15 Å². The molecular weight excluding hydrogens is 312 g/mol. The van der Waals surface area contributed by atoms with Crippen molar-refractivity contribution in [2.24, 2.45) is 0 Å². The molecule has 0 fully saturated rings. The van der Waals surface area contributed by atoms with E-state index < -0.39 is 0 Å². The highest BCUT2D eigenvalue weighted by Crippen LogP contribution is 2.33. The first-order valence-corrected chi connectivity index (χ1v) is 8.03. The van der Waals surface area contributed by atoms with Gasteiger partial charge in [-0.15, -0.1) is 0 Å². The van der Waals surface area contributed by atoms with E-state index in [1.807, 2.05) is 60.7 Å². The van der Waals surface area contributed by atoms with Crippen molar-refractivity contribution in [2.75, 3.05) is 7.11 Å². The Bertz CT molecular complexity index is 1080. The molecule has 4 aromatic rings. The molecular formula is C22H16O3. The number of hydrogen-bond donors (Lipinski definition) is 0. The molecule has 122 valence electrons. The Kier molecular flexibility index (Phi) is 3.82. The lowest BCUT2D eigenvalue weighted by molar-refractivity contribution is 0.415. The quantitative estimate of drug-likeness (QED) is 0.523. The molecule has 0 saturated heterocycles. The van der Waals surface area contributed by atoms with Crippen molar-refractivity contribution in [1.82, 2.24) is 0 Å². The fourth-order valence-corrected chi connectivity index (χ4v) is 2.96. The van der Waals surface area contributed by atoms with E-state index in [1.54, 1.807) is 25.3 Å². The summed E-state index contributed by atoms with van der Waals surface area (Å²) in [4.78, 5) is 13.3. The van der Waals surface area contributed by atoms with Crippen LogP contribution in [-0.2, 0) is 0 Å². The lowest BCUT2D eigenvalue weighted by atomic mass is 9.98. The molecule has 0 spiro atoms. The lowest BCUT2D eigenvalue weighted by Gasteiger charge is -2.11. The second kappa shape index (κ2) is 6.29. The van der Waals surface area contributed by atoms with Gasteiger partial charge in [-0.25, -0.2) is 0 Å². The molecule has 0 atom stereocenters. The highest BCUT2D eigenvalue weighted by atomic mass is 16.5. The van der Waals surface area contributed by atoms with Crippen LogP contribution in [0.25, 0.3) is 33.4 Å². The zero-order chi connectivity index (χ0) is 17.2. The fourth-order valence-electron chi connectivity index (χ4n) is 2.96. The summed E-state index contributed by atoms with van der Waals surface area (Å²) in [6, 6.07) is 24.6. The van der Waals surface area contributed by atoms with Crippen LogP contribution in [0.5, 0.6) is 5.75 Å². The van der Waals surface area contributed by atoms with Crippen molar-refractivity contribution in [2.45, 2.75) is 0 Å². The first kappa shape index (κ1) is 15.2. The van der Waals surface area contributed by atoms with Crippen LogP contribution in [0.2, 0.25) is 0 Å². The van der Waals surface area contributed by atoms with Crippen LogP contribution < -0.4 is 10.2 Å². The van der Waals surface area contributed by atoms with Crippen LogP contribution in [-0.4, -0.2) is 7.11 Å². The molecule has 3 aromatic carbocycles. The number of hydrogen-bond acceptors (Lipinski definition) is 3. The van der Waals surface area contributed by atoms with Crippen LogP contribution in [0.4, 0.5) is 0 Å². The highest BCUT2D eigenvalue weighted by molar-refractivity contribution is 5.89. The van der Waals surface area contributed by atoms with Gasteiger partial charge in [0.2, 0.25) is 5.43 Å². The predicted molar refractivity (Wildman–Crippen MR) is 99.9 cm³/mol. The van der Waals surface area contributed by atoms with Crippen LogP contribution in [0, 0.1) is 0 Å². The van der Waals surface area contributed by atoms with Gasteiger partial charge in [-0.1, -0.05) is 60.7 Å². The van der Waals surface area contributed by atoms with E-state index in [2.05, 4.69) is 0 Å². The Morgan fingerprint density at radius 3 is 2.08 bits per heavy atom. The van der Waals surface area contributed by atoms with Crippen molar-refractivity contribution in [3.8, 4) is 28.2 Å². The maximum absolute atomic E-state index is 13.3. The second-order valence-corrected chi connectivity index (χ2v) is 5.73. The summed E-state index contributed by atoms with van der Waals surface area (Å²) >= 11 is 0. The molecule has 3 heteroatoms. The Morgan fingerprint density at radius 1 is 0.800 bits per heavy atom. The van der Waals surface area contributed by atoms with Crippen LogP contribution >= 0.6 is 0 Å². The van der Waals surface area contributed by atoms with E-state index in [9.17, 15) is 4.79 Å². The summed E-state index contributed by atoms with van der Waals surface area (Å²) in [5.41, 5.74) is 2.75. The first-order chi connectivity index (χ1) is 12.3. The molecule has 0 amide bonds. The van der Waals surface area contributed by atoms with E-state index >= 15 is 0 Å². The molecule has 0 radical (unpaired) electrons. The maximum Gasteiger partial charge on any atom is 0.201 e. The van der Waals surface area contributed by atoms with Crippen molar-refractivity contribution in [3.05, 3.63) is 89.1 Å². The Labute approximate surface area is 145 Å². The summed E-state index contributed by atoms with van der Waals surface area (Å²) < 4.78 is 11.4. The summed E-state index contributed by atoms with van der Waals surface area (Å²) in [6.07, 6.45) is 0. The molecule has 1 heterocycles. The minimum absolute atomic E-state index is 0.0646. The molecule has 1 aromatic heterocycles. The molecule has 0 saturated carbocycles. The van der Waals surface area contributed by atoms with Crippen molar-refractivity contribution in [1.29, 1.82) is 0 Å². The van der Waals surface area contributed by atoms with Gasteiger partial charge in [0, 0.05) is 5.56 Å². The fraction of sp³-hybridized carbons (Fsp3) is 0.0455. The molecule has 0 aliphatic rings. The topological polar surface area (TPSA) is 39.4 Å². The lowest BCUT2D eigenvalue weighted by Crippen LogP contribution is -2.07. The molecule has 0 unspecified atom stereocenters. The summed E-state index contributed by atoms with van der Waals surface area (Å²) in [6.45, 7) is 0. The van der Waals surface area contributed by atoms with Crippen LogP contribution in [0.3, 0.4) is 0 Å². The Morgan fingerprint density at radius 2 is 1.44 bits per heavy atom. The van der Waals surface area contributed by atoms with Gasteiger partial charge >= 0.3 is 0 Å². The predicted octanol–water partition coefficient (Wildman–Crippen LogP) is 5.14. The van der Waals surface area contributed by atoms with Crippen LogP contribution in [0.15, 0.2) is 88.1 Å². The number of ether oxygens (including phenoxy) is 1. The number of rotatable bonds is 3. The number of fused-ring (bicyclic) bond motifs is 1. The number of methoxy groups -OCH3 is 1. The zero-order valence-corrected chi connectivity index (χ0v) is 13.7. The van der Waals surface area contributed by atoms with Gasteiger partial charge in [0.1, 0.15) is 17.1 Å². The van der Waals surface area contributed by atoms with Crippen molar-refractivity contribution >= 4 is 11.0 Å². The summed E-state index contributed by atoms with van der Waals surface area (Å²) in [5.74, 6) is 1.21. The van der Waals surface area contributed by atoms with Crippen molar-refractivity contribution in [3.63, 3.8) is 0 Å². The van der Waals surface area contributed by atoms with Gasteiger partial charge in [-0.3, -0.25) is 4.79 Å². The molecule has 0 aliphatic heterocycles. The van der Waals surface area contributed by atoms with Gasteiger partial charge in [-0.05, 0) is 23.8 Å². The van der Waals surface area contributed by atoms with E-state index in [0.29, 0.717) is 28.0 Å². The van der Waals surface area contributed by atoms with Crippen LogP contribution in [0.1, 0.15) is 0 Å². The van der Waals surface area contributed by atoms with E-state index in [-0.39, 0.29) is 5.43 Å². The minimum atomic E-state index is -0.0646. The third kappa shape index (κ3) is 2.70. The molecule has 0 aliphatic carbocycles. The molecule has 25 heavy (non-hydrogen) atoms. The summed E-state index contributed by atoms with van der Waals surface area (Å²) in [7, 11) is 1.58. The molecule has 0 N–H and O–H groups in total. The standard InChI is InChI=1S/C22H16O3/c1-24-17-12-13-19-18(14-17)21(23)20(15-8-4-2-5-9-15)22(25-19)16-10-6-3-7-11-16/h2-14H,1H3. The average molecular weight is 328 g/mol. The highest BCUT2D eigenvalue weighted by Gasteiger charge is 2.18. The van der Waals surface area contributed by atoms with Gasteiger partial charge in [0.15, 0.2) is 0 Å². The van der Waals surface area contributed by atoms with E-state index in [0.717, 1.165) is 11.1 Å². The third-order valence-electron chi connectivity index (χ3n) is 4.20. The molecule has 0 bridgehead atoms. The SMILES string of the molecule is COc1ccc2oc(-c3ccccc3)c(-c3ccccc3)c(=O)c2c1. The normalized spacial score (nSPS) is 10.8. The second-order valence-electron chi connectivity index (χ2n) is 5.73. The van der Waals surface area contributed by atoms with Gasteiger partial charge < -0.3 is 9.15 Å². The van der Waals surface area contributed by atoms with Gasteiger partial charge in [0.25, 0.3) is 0 Å².